The number of amides is 1. The molecule has 0 spiro atoms. The molecule has 0 aromatic heterocycles. The first-order chi connectivity index (χ1) is 11.9. The van der Waals surface area contributed by atoms with Gasteiger partial charge in [-0.3, -0.25) is 4.79 Å². The molecule has 1 heterocycles. The van der Waals surface area contributed by atoms with Crippen molar-refractivity contribution in [2.75, 3.05) is 22.5 Å². The zero-order chi connectivity index (χ0) is 18.1. The molecule has 2 aromatic rings. The fourth-order valence-electron chi connectivity index (χ4n) is 2.98. The predicted octanol–water partition coefficient (Wildman–Crippen LogP) is 3.85. The molecule has 2 unspecified atom stereocenters. The topological polar surface area (TPSA) is 67.6 Å². The van der Waals surface area contributed by atoms with Gasteiger partial charge in [0, 0.05) is 22.5 Å². The van der Waals surface area contributed by atoms with E-state index in [1.165, 1.54) is 0 Å². The third-order valence-electron chi connectivity index (χ3n) is 4.45. The number of ether oxygens (including phenoxy) is 1. The highest BCUT2D eigenvalue weighted by Gasteiger charge is 2.30. The van der Waals surface area contributed by atoms with E-state index in [-0.39, 0.29) is 18.1 Å². The SMILES string of the molecule is Cc1c(Cl)cccc1NC(=O)C(C)N1CC(C)Oc2cc(N)ccc21. The minimum atomic E-state index is -0.368. The van der Waals surface area contributed by atoms with Crippen LogP contribution in [0.4, 0.5) is 17.1 Å². The Hall–Kier alpha value is -2.40. The van der Waals surface area contributed by atoms with Crippen molar-refractivity contribution in [1.82, 2.24) is 0 Å². The minimum absolute atomic E-state index is 0.0301. The molecule has 0 bridgehead atoms. The van der Waals surface area contributed by atoms with E-state index in [9.17, 15) is 4.79 Å². The van der Waals surface area contributed by atoms with E-state index in [1.807, 2.05) is 49.9 Å². The lowest BCUT2D eigenvalue weighted by molar-refractivity contribution is -0.117. The number of halogens is 1. The molecule has 25 heavy (non-hydrogen) atoms. The average Bonchev–Trinajstić information content (AvgIpc) is 2.57. The lowest BCUT2D eigenvalue weighted by Gasteiger charge is -2.38. The highest BCUT2D eigenvalue weighted by molar-refractivity contribution is 6.31. The molecule has 0 radical (unpaired) electrons. The maximum absolute atomic E-state index is 12.8. The van der Waals surface area contributed by atoms with Crippen molar-refractivity contribution in [3.8, 4) is 5.75 Å². The molecule has 0 fully saturated rings. The van der Waals surface area contributed by atoms with E-state index >= 15 is 0 Å². The summed E-state index contributed by atoms with van der Waals surface area (Å²) in [4.78, 5) is 14.8. The molecule has 3 N–H and O–H groups in total. The van der Waals surface area contributed by atoms with Crippen LogP contribution in [0.2, 0.25) is 5.02 Å². The standard InChI is InChI=1S/C19H22ClN3O2/c1-11-10-23(17-8-7-14(21)9-18(17)25-11)13(3)19(24)22-16-6-4-5-15(20)12(16)2/h4-9,11,13H,10,21H2,1-3H3,(H,22,24). The number of fused-ring (bicyclic) bond motifs is 1. The van der Waals surface area contributed by atoms with Gasteiger partial charge >= 0.3 is 0 Å². The molecule has 5 nitrogen and oxygen atoms in total. The van der Waals surface area contributed by atoms with E-state index in [0.29, 0.717) is 23.0 Å². The fourth-order valence-corrected chi connectivity index (χ4v) is 3.15. The zero-order valence-corrected chi connectivity index (χ0v) is 15.3. The maximum atomic E-state index is 12.8. The van der Waals surface area contributed by atoms with E-state index < -0.39 is 0 Å². The van der Waals surface area contributed by atoms with Crippen LogP contribution in [0, 0.1) is 6.92 Å². The number of nitrogens with one attached hydrogen (secondary N) is 1. The molecule has 6 heteroatoms. The number of nitrogens with two attached hydrogens (primary N) is 1. The molecule has 0 saturated carbocycles. The second kappa shape index (κ2) is 6.84. The lowest BCUT2D eigenvalue weighted by Crippen LogP contribution is -2.48. The number of anilines is 3. The summed E-state index contributed by atoms with van der Waals surface area (Å²) in [6.07, 6.45) is -0.0301. The van der Waals surface area contributed by atoms with Crippen LogP contribution in [0.25, 0.3) is 0 Å². The highest BCUT2D eigenvalue weighted by atomic mass is 35.5. The first-order valence-electron chi connectivity index (χ1n) is 8.25. The number of rotatable bonds is 3. The molecule has 0 saturated heterocycles. The molecule has 1 aliphatic rings. The third-order valence-corrected chi connectivity index (χ3v) is 4.86. The first-order valence-corrected chi connectivity index (χ1v) is 8.63. The average molecular weight is 360 g/mol. The van der Waals surface area contributed by atoms with Crippen molar-refractivity contribution in [3.05, 3.63) is 47.0 Å². The van der Waals surface area contributed by atoms with Gasteiger partial charge in [0.2, 0.25) is 5.91 Å². The Morgan fingerprint density at radius 1 is 1.40 bits per heavy atom. The number of carbonyl (C=O) groups excluding carboxylic acids is 1. The Morgan fingerprint density at radius 2 is 2.16 bits per heavy atom. The van der Waals surface area contributed by atoms with Gasteiger partial charge in [-0.1, -0.05) is 17.7 Å². The summed E-state index contributed by atoms with van der Waals surface area (Å²) in [5, 5.41) is 3.61. The zero-order valence-electron chi connectivity index (χ0n) is 14.5. The highest BCUT2D eigenvalue weighted by Crippen LogP contribution is 2.36. The van der Waals surface area contributed by atoms with Gasteiger partial charge in [0.25, 0.3) is 0 Å². The minimum Gasteiger partial charge on any atom is -0.487 e. The Kier molecular flexibility index (Phi) is 4.77. The number of carbonyl (C=O) groups is 1. The number of hydrogen-bond donors (Lipinski definition) is 2. The monoisotopic (exact) mass is 359 g/mol. The molecule has 2 atom stereocenters. The van der Waals surface area contributed by atoms with E-state index in [0.717, 1.165) is 16.9 Å². The lowest BCUT2D eigenvalue weighted by atomic mass is 10.1. The molecular weight excluding hydrogens is 338 g/mol. The van der Waals surface area contributed by atoms with Gasteiger partial charge < -0.3 is 20.7 Å². The third kappa shape index (κ3) is 3.51. The number of nitrogens with zero attached hydrogens (tertiary/aromatic N) is 1. The van der Waals surface area contributed by atoms with Crippen LogP contribution >= 0.6 is 11.6 Å². The molecular formula is C19H22ClN3O2. The van der Waals surface area contributed by atoms with Gasteiger partial charge in [0.05, 0.1) is 12.2 Å². The van der Waals surface area contributed by atoms with E-state index in [1.54, 1.807) is 12.1 Å². The second-order valence-electron chi connectivity index (χ2n) is 6.39. The summed E-state index contributed by atoms with van der Waals surface area (Å²) in [5.41, 5.74) is 8.94. The first kappa shape index (κ1) is 17.4. The summed E-state index contributed by atoms with van der Waals surface area (Å²) in [6, 6.07) is 10.6. The van der Waals surface area contributed by atoms with Crippen LogP contribution < -0.4 is 20.7 Å². The molecule has 1 aliphatic heterocycles. The van der Waals surface area contributed by atoms with Crippen LogP contribution in [-0.2, 0) is 4.79 Å². The normalized spacial score (nSPS) is 17.4. The summed E-state index contributed by atoms with van der Waals surface area (Å²) in [6.45, 7) is 6.37. The number of hydrogen-bond acceptors (Lipinski definition) is 4. The van der Waals surface area contributed by atoms with Crippen LogP contribution in [0.15, 0.2) is 36.4 Å². The van der Waals surface area contributed by atoms with Crippen molar-refractivity contribution in [2.24, 2.45) is 0 Å². The summed E-state index contributed by atoms with van der Waals surface area (Å²) < 4.78 is 5.86. The Morgan fingerprint density at radius 3 is 2.92 bits per heavy atom. The second-order valence-corrected chi connectivity index (χ2v) is 6.79. The van der Waals surface area contributed by atoms with Crippen molar-refractivity contribution < 1.29 is 9.53 Å². The van der Waals surface area contributed by atoms with Crippen LogP contribution in [-0.4, -0.2) is 24.6 Å². The van der Waals surface area contributed by atoms with Crippen molar-refractivity contribution in [1.29, 1.82) is 0 Å². The van der Waals surface area contributed by atoms with Crippen LogP contribution in [0.1, 0.15) is 19.4 Å². The predicted molar refractivity (Wildman–Crippen MR) is 103 cm³/mol. The fraction of sp³-hybridized carbons (Fsp3) is 0.316. The molecule has 132 valence electrons. The van der Waals surface area contributed by atoms with Gasteiger partial charge in [-0.15, -0.1) is 0 Å². The van der Waals surface area contributed by atoms with Crippen molar-refractivity contribution in [3.63, 3.8) is 0 Å². The Labute approximate surface area is 152 Å². The van der Waals surface area contributed by atoms with Gasteiger partial charge in [0.1, 0.15) is 17.9 Å². The summed E-state index contributed by atoms with van der Waals surface area (Å²) >= 11 is 6.14. The van der Waals surface area contributed by atoms with Gasteiger partial charge in [-0.05, 0) is 50.6 Å². The summed E-state index contributed by atoms with van der Waals surface area (Å²) in [5.74, 6) is 0.611. The van der Waals surface area contributed by atoms with Gasteiger partial charge in [0.15, 0.2) is 0 Å². The number of nitrogen functional groups attached to an aromatic ring is 1. The quantitative estimate of drug-likeness (QED) is 0.817. The van der Waals surface area contributed by atoms with Crippen LogP contribution in [0.5, 0.6) is 5.75 Å². The Bertz CT molecular complexity index is 809. The molecule has 0 aliphatic carbocycles. The maximum Gasteiger partial charge on any atom is 0.246 e. The molecule has 1 amide bonds. The van der Waals surface area contributed by atoms with Gasteiger partial charge in [-0.2, -0.15) is 0 Å². The smallest absolute Gasteiger partial charge is 0.246 e. The van der Waals surface area contributed by atoms with Gasteiger partial charge in [-0.25, -0.2) is 0 Å². The number of benzene rings is 2. The summed E-state index contributed by atoms with van der Waals surface area (Å²) in [7, 11) is 0. The van der Waals surface area contributed by atoms with Crippen molar-refractivity contribution >= 4 is 34.6 Å². The molecule has 3 rings (SSSR count). The molecule has 2 aromatic carbocycles. The van der Waals surface area contributed by atoms with Crippen LogP contribution in [0.3, 0.4) is 0 Å². The van der Waals surface area contributed by atoms with E-state index in [2.05, 4.69) is 5.32 Å². The van der Waals surface area contributed by atoms with E-state index in [4.69, 9.17) is 22.1 Å². The van der Waals surface area contributed by atoms with Crippen molar-refractivity contribution in [2.45, 2.75) is 32.9 Å². The largest absolute Gasteiger partial charge is 0.487 e. The Balaban J connectivity index is 1.84.